The molecule has 8 heteroatoms. The first kappa shape index (κ1) is 14.2. The molecule has 0 atom stereocenters. The number of benzene rings is 2. The Hall–Kier alpha value is -2.18. The third-order valence-corrected chi connectivity index (χ3v) is 3.98. The molecule has 0 saturated heterocycles. The predicted octanol–water partition coefficient (Wildman–Crippen LogP) is 2.15. The zero-order valence-electron chi connectivity index (χ0n) is 10.4. The summed E-state index contributed by atoms with van der Waals surface area (Å²) in [6.45, 7) is 0. The third-order valence-electron chi connectivity index (χ3n) is 3.08. The Balaban J connectivity index is 2.87. The van der Waals surface area contributed by atoms with Crippen LogP contribution in [0.4, 0.5) is 34.1 Å². The maximum Gasteiger partial charge on any atom is 0.0827 e. The molecule has 2 aromatic carbocycles. The summed E-state index contributed by atoms with van der Waals surface area (Å²) >= 11 is 12.2. The van der Waals surface area contributed by atoms with Gasteiger partial charge in [0.1, 0.15) is 0 Å². The van der Waals surface area contributed by atoms with Gasteiger partial charge in [-0.15, -0.1) is 0 Å². The van der Waals surface area contributed by atoms with Crippen LogP contribution in [0.3, 0.4) is 0 Å². The van der Waals surface area contributed by atoms with Crippen LogP contribution in [0.5, 0.6) is 0 Å². The van der Waals surface area contributed by atoms with Gasteiger partial charge >= 0.3 is 0 Å². The number of rotatable bonds is 1. The number of hydrogen-bond acceptors (Lipinski definition) is 6. The van der Waals surface area contributed by atoms with Crippen LogP contribution in [-0.4, -0.2) is 0 Å². The molecule has 0 aliphatic heterocycles. The molecule has 12 N–H and O–H groups in total. The molecule has 2 aromatic rings. The fraction of sp³-hybridized carbons (Fsp3) is 0. The third kappa shape index (κ3) is 1.90. The second-order valence-electron chi connectivity index (χ2n) is 4.27. The van der Waals surface area contributed by atoms with Gasteiger partial charge in [0.2, 0.25) is 0 Å². The minimum absolute atomic E-state index is 0.140. The summed E-state index contributed by atoms with van der Waals surface area (Å²) < 4.78 is 0. The molecule has 0 heterocycles. The Labute approximate surface area is 125 Å². The van der Waals surface area contributed by atoms with E-state index in [-0.39, 0.29) is 38.5 Å². The molecule has 0 unspecified atom stereocenters. The van der Waals surface area contributed by atoms with E-state index in [1.54, 1.807) is 12.1 Å². The molecule has 0 radical (unpaired) electrons. The molecular formula is C12H14Cl2N6. The van der Waals surface area contributed by atoms with Crippen molar-refractivity contribution in [3.8, 4) is 11.1 Å². The van der Waals surface area contributed by atoms with Gasteiger partial charge in [-0.25, -0.2) is 0 Å². The second-order valence-corrected chi connectivity index (χ2v) is 5.03. The molecule has 106 valence electrons. The first-order valence-corrected chi connectivity index (χ1v) is 6.28. The summed E-state index contributed by atoms with van der Waals surface area (Å²) in [4.78, 5) is 0. The van der Waals surface area contributed by atoms with Crippen molar-refractivity contribution in [3.63, 3.8) is 0 Å². The molecule has 2 rings (SSSR count). The van der Waals surface area contributed by atoms with Crippen LogP contribution in [0.15, 0.2) is 12.1 Å². The van der Waals surface area contributed by atoms with E-state index in [4.69, 9.17) is 57.6 Å². The zero-order valence-corrected chi connectivity index (χ0v) is 11.9. The van der Waals surface area contributed by atoms with Crippen LogP contribution in [0, 0.1) is 0 Å². The maximum absolute atomic E-state index is 6.19. The topological polar surface area (TPSA) is 156 Å². The number of anilines is 6. The molecule has 0 fully saturated rings. The molecule has 0 aliphatic rings. The van der Waals surface area contributed by atoms with Gasteiger partial charge in [-0.05, 0) is 6.07 Å². The van der Waals surface area contributed by atoms with Crippen LogP contribution in [-0.2, 0) is 0 Å². The average Bonchev–Trinajstić information content (AvgIpc) is 2.43. The van der Waals surface area contributed by atoms with Gasteiger partial charge in [-0.2, -0.15) is 0 Å². The lowest BCUT2D eigenvalue weighted by molar-refractivity contribution is 1.58. The number of hydrogen-bond donors (Lipinski definition) is 6. The summed E-state index contributed by atoms with van der Waals surface area (Å²) in [5, 5.41) is 0.422. The van der Waals surface area contributed by atoms with Crippen LogP contribution in [0.1, 0.15) is 0 Å². The summed E-state index contributed by atoms with van der Waals surface area (Å²) in [6, 6.07) is 3.23. The van der Waals surface area contributed by atoms with E-state index in [9.17, 15) is 0 Å². The molecule has 0 spiro atoms. The van der Waals surface area contributed by atoms with Gasteiger partial charge < -0.3 is 34.4 Å². The first-order valence-electron chi connectivity index (χ1n) is 5.52. The molecular weight excluding hydrogens is 299 g/mol. The lowest BCUT2D eigenvalue weighted by Gasteiger charge is -2.18. The zero-order chi connectivity index (χ0) is 15.2. The number of nitrogen functional groups attached to an aromatic ring is 6. The minimum Gasteiger partial charge on any atom is -0.397 e. The molecule has 6 nitrogen and oxygen atoms in total. The summed E-state index contributed by atoms with van der Waals surface area (Å²) in [5.74, 6) is 0. The quantitative estimate of drug-likeness (QED) is 0.443. The average molecular weight is 313 g/mol. The highest BCUT2D eigenvalue weighted by Gasteiger charge is 2.20. The van der Waals surface area contributed by atoms with Crippen LogP contribution >= 0.6 is 23.2 Å². The molecule has 0 aliphatic carbocycles. The van der Waals surface area contributed by atoms with Crippen LogP contribution in [0.25, 0.3) is 11.1 Å². The van der Waals surface area contributed by atoms with Crippen molar-refractivity contribution in [3.05, 3.63) is 22.2 Å². The van der Waals surface area contributed by atoms with E-state index in [0.29, 0.717) is 16.8 Å². The Bertz CT molecular complexity index is 685. The first-order chi connectivity index (χ1) is 9.27. The standard InChI is InChI=1S/C12H14Cl2N6/c13-6-3(1-2-4(15)7(6)14)5-8(16)10(18)12(20)11(19)9(5)17/h1-2H,15-20H2. The number of halogens is 2. The fourth-order valence-electron chi connectivity index (χ4n) is 1.90. The smallest absolute Gasteiger partial charge is 0.0827 e. The van der Waals surface area contributed by atoms with Gasteiger partial charge in [0.25, 0.3) is 0 Å². The highest BCUT2D eigenvalue weighted by molar-refractivity contribution is 6.45. The highest BCUT2D eigenvalue weighted by atomic mass is 35.5. The monoisotopic (exact) mass is 312 g/mol. The van der Waals surface area contributed by atoms with Crippen molar-refractivity contribution >= 4 is 57.3 Å². The van der Waals surface area contributed by atoms with Crippen molar-refractivity contribution in [1.29, 1.82) is 0 Å². The molecule has 0 amide bonds. The largest absolute Gasteiger partial charge is 0.397 e. The highest BCUT2D eigenvalue weighted by Crippen LogP contribution is 2.48. The summed E-state index contributed by atoms with van der Waals surface area (Å²) in [6.07, 6.45) is 0. The second kappa shape index (κ2) is 4.73. The van der Waals surface area contributed by atoms with Crippen LogP contribution in [0.2, 0.25) is 10.0 Å². The van der Waals surface area contributed by atoms with E-state index in [2.05, 4.69) is 0 Å². The Morgan fingerprint density at radius 3 is 1.55 bits per heavy atom. The van der Waals surface area contributed by atoms with E-state index >= 15 is 0 Å². The van der Waals surface area contributed by atoms with Gasteiger partial charge in [0.15, 0.2) is 0 Å². The molecule has 0 bridgehead atoms. The minimum atomic E-state index is 0.140. The molecule has 0 saturated carbocycles. The van der Waals surface area contributed by atoms with Crippen molar-refractivity contribution in [1.82, 2.24) is 0 Å². The Kier molecular flexibility index (Phi) is 3.37. The van der Waals surface area contributed by atoms with Crippen molar-refractivity contribution in [2.45, 2.75) is 0 Å². The molecule has 20 heavy (non-hydrogen) atoms. The number of nitrogens with two attached hydrogens (primary N) is 6. The lowest BCUT2D eigenvalue weighted by atomic mass is 9.98. The van der Waals surface area contributed by atoms with E-state index < -0.39 is 0 Å². The summed E-state index contributed by atoms with van der Waals surface area (Å²) in [5.41, 5.74) is 37.0. The lowest BCUT2D eigenvalue weighted by Crippen LogP contribution is -2.09. The predicted molar refractivity (Wildman–Crippen MR) is 88.4 cm³/mol. The van der Waals surface area contributed by atoms with Gasteiger partial charge in [0, 0.05) is 11.1 Å². The van der Waals surface area contributed by atoms with Gasteiger partial charge in [-0.3, -0.25) is 0 Å². The van der Waals surface area contributed by atoms with Crippen molar-refractivity contribution in [2.75, 3.05) is 34.4 Å². The van der Waals surface area contributed by atoms with Crippen molar-refractivity contribution < 1.29 is 0 Å². The Morgan fingerprint density at radius 2 is 1.05 bits per heavy atom. The van der Waals surface area contributed by atoms with E-state index in [0.717, 1.165) is 0 Å². The Morgan fingerprint density at radius 1 is 0.600 bits per heavy atom. The molecule has 0 aromatic heterocycles. The SMILES string of the molecule is Nc1ccc(-c2c(N)c(N)c(N)c(N)c2N)c(Cl)c1Cl. The van der Waals surface area contributed by atoms with E-state index in [1.165, 1.54) is 0 Å². The fourth-order valence-corrected chi connectivity index (χ4v) is 2.33. The van der Waals surface area contributed by atoms with E-state index in [1.807, 2.05) is 0 Å². The maximum atomic E-state index is 6.19. The summed E-state index contributed by atoms with van der Waals surface area (Å²) in [7, 11) is 0. The van der Waals surface area contributed by atoms with Gasteiger partial charge in [-0.1, -0.05) is 29.3 Å². The van der Waals surface area contributed by atoms with Crippen molar-refractivity contribution in [2.24, 2.45) is 0 Å². The van der Waals surface area contributed by atoms with Gasteiger partial charge in [0.05, 0.1) is 44.2 Å². The van der Waals surface area contributed by atoms with Crippen LogP contribution < -0.4 is 34.4 Å². The normalized spacial score (nSPS) is 10.7.